The van der Waals surface area contributed by atoms with E-state index >= 15 is 0 Å². The Morgan fingerprint density at radius 1 is 1.19 bits per heavy atom. The van der Waals surface area contributed by atoms with Crippen LogP contribution in [0.2, 0.25) is 5.02 Å². The van der Waals surface area contributed by atoms with Crippen LogP contribution in [0, 0.1) is 0 Å². The van der Waals surface area contributed by atoms with E-state index in [2.05, 4.69) is 10.2 Å². The molecule has 0 spiro atoms. The van der Waals surface area contributed by atoms with E-state index in [4.69, 9.17) is 20.8 Å². The summed E-state index contributed by atoms with van der Waals surface area (Å²) in [6.07, 6.45) is 6.62. The first-order chi connectivity index (χ1) is 15.6. The van der Waals surface area contributed by atoms with Crippen LogP contribution in [0.3, 0.4) is 0 Å². The molecule has 2 atom stereocenters. The highest BCUT2D eigenvalue weighted by molar-refractivity contribution is 6.31. The minimum absolute atomic E-state index is 0.00664. The number of methoxy groups -OCH3 is 1. The van der Waals surface area contributed by atoms with Gasteiger partial charge in [-0.3, -0.25) is 14.5 Å². The second-order valence-electron chi connectivity index (χ2n) is 8.37. The Hall–Kier alpha value is -2.51. The van der Waals surface area contributed by atoms with Crippen molar-refractivity contribution in [3.05, 3.63) is 52.9 Å². The van der Waals surface area contributed by atoms with E-state index in [1.54, 1.807) is 29.4 Å². The van der Waals surface area contributed by atoms with Crippen LogP contribution in [-0.4, -0.2) is 60.9 Å². The summed E-state index contributed by atoms with van der Waals surface area (Å²) < 4.78 is 11.0. The van der Waals surface area contributed by atoms with Crippen molar-refractivity contribution in [2.75, 3.05) is 33.3 Å². The summed E-state index contributed by atoms with van der Waals surface area (Å²) in [5.41, 5.74) is 0.376. The fourth-order valence-corrected chi connectivity index (χ4v) is 4.89. The molecule has 2 aliphatic heterocycles. The lowest BCUT2D eigenvalue weighted by molar-refractivity contribution is -0.125. The molecule has 32 heavy (non-hydrogen) atoms. The number of piperidine rings is 1. The molecule has 2 unspecified atom stereocenters. The molecule has 2 aromatic rings. The van der Waals surface area contributed by atoms with Crippen molar-refractivity contribution in [2.24, 2.45) is 0 Å². The molecule has 172 valence electrons. The van der Waals surface area contributed by atoms with Crippen molar-refractivity contribution < 1.29 is 18.7 Å². The van der Waals surface area contributed by atoms with Gasteiger partial charge in [0.25, 0.3) is 5.91 Å². The molecule has 3 heterocycles. The summed E-state index contributed by atoms with van der Waals surface area (Å²) in [4.78, 5) is 30.4. The molecule has 2 saturated heterocycles. The lowest BCUT2D eigenvalue weighted by Gasteiger charge is -2.34. The summed E-state index contributed by atoms with van der Waals surface area (Å²) in [6, 6.07) is 8.27. The van der Waals surface area contributed by atoms with Gasteiger partial charge in [-0.2, -0.15) is 0 Å². The number of hydrogen-bond acceptors (Lipinski definition) is 5. The molecule has 1 aromatic heterocycles. The molecule has 1 N–H and O–H groups in total. The van der Waals surface area contributed by atoms with Crippen LogP contribution >= 0.6 is 11.6 Å². The Bertz CT molecular complexity index is 927. The third-order valence-electron chi connectivity index (χ3n) is 6.38. The molecule has 1 aromatic carbocycles. The van der Waals surface area contributed by atoms with Crippen molar-refractivity contribution in [2.45, 2.75) is 44.2 Å². The van der Waals surface area contributed by atoms with E-state index in [1.165, 1.54) is 13.5 Å². The van der Waals surface area contributed by atoms with Crippen molar-refractivity contribution in [3.8, 4) is 5.75 Å². The van der Waals surface area contributed by atoms with E-state index < -0.39 is 6.04 Å². The van der Waals surface area contributed by atoms with E-state index in [0.717, 1.165) is 38.1 Å². The van der Waals surface area contributed by atoms with Gasteiger partial charge in [-0.15, -0.1) is 0 Å². The van der Waals surface area contributed by atoms with E-state index in [9.17, 15) is 9.59 Å². The number of likely N-dealkylation sites (tertiary alicyclic amines) is 2. The number of halogens is 1. The highest BCUT2D eigenvalue weighted by Gasteiger charge is 2.36. The van der Waals surface area contributed by atoms with Crippen molar-refractivity contribution in [1.29, 1.82) is 0 Å². The lowest BCUT2D eigenvalue weighted by atomic mass is 10.1. The van der Waals surface area contributed by atoms with Crippen LogP contribution in [0.4, 0.5) is 0 Å². The van der Waals surface area contributed by atoms with E-state index in [1.807, 2.05) is 12.1 Å². The smallest absolute Gasteiger partial charge is 0.258 e. The van der Waals surface area contributed by atoms with Crippen molar-refractivity contribution in [1.82, 2.24) is 15.1 Å². The molecule has 0 aliphatic carbocycles. The third kappa shape index (κ3) is 4.94. The van der Waals surface area contributed by atoms with Crippen LogP contribution < -0.4 is 10.1 Å². The largest absolute Gasteiger partial charge is 0.496 e. The maximum Gasteiger partial charge on any atom is 0.258 e. The second-order valence-corrected chi connectivity index (χ2v) is 8.81. The minimum Gasteiger partial charge on any atom is -0.496 e. The highest BCUT2D eigenvalue weighted by atomic mass is 35.5. The Morgan fingerprint density at radius 3 is 2.72 bits per heavy atom. The molecule has 2 aliphatic rings. The first-order valence-corrected chi connectivity index (χ1v) is 11.7. The molecule has 2 amide bonds. The predicted octanol–water partition coefficient (Wildman–Crippen LogP) is 3.89. The van der Waals surface area contributed by atoms with E-state index in [-0.39, 0.29) is 17.9 Å². The Kier molecular flexibility index (Phi) is 7.37. The topological polar surface area (TPSA) is 75.0 Å². The van der Waals surface area contributed by atoms with Gasteiger partial charge in [-0.1, -0.05) is 18.0 Å². The number of ether oxygens (including phenoxy) is 1. The number of hydrogen-bond donors (Lipinski definition) is 1. The number of benzene rings is 1. The number of carbonyl (C=O) groups is 2. The van der Waals surface area contributed by atoms with Crippen molar-refractivity contribution >= 4 is 23.4 Å². The average molecular weight is 460 g/mol. The molecule has 0 saturated carbocycles. The fraction of sp³-hybridized carbons (Fsp3) is 0.500. The van der Waals surface area contributed by atoms with Crippen LogP contribution in [-0.2, 0) is 4.79 Å². The van der Waals surface area contributed by atoms with Gasteiger partial charge < -0.3 is 19.4 Å². The Labute approximate surface area is 193 Å². The number of rotatable bonds is 7. The average Bonchev–Trinajstić information content (AvgIpc) is 3.52. The summed E-state index contributed by atoms with van der Waals surface area (Å²) >= 11 is 6.11. The van der Waals surface area contributed by atoms with Gasteiger partial charge >= 0.3 is 0 Å². The first kappa shape index (κ1) is 22.7. The van der Waals surface area contributed by atoms with Crippen LogP contribution in [0.15, 0.2) is 41.0 Å². The predicted molar refractivity (Wildman–Crippen MR) is 122 cm³/mol. The molecule has 7 nitrogen and oxygen atoms in total. The zero-order valence-electron chi connectivity index (χ0n) is 18.4. The maximum absolute atomic E-state index is 13.3. The molecular weight excluding hydrogens is 430 g/mol. The van der Waals surface area contributed by atoms with Crippen LogP contribution in [0.5, 0.6) is 5.75 Å². The SMILES string of the molecule is COc1ccc(Cl)cc1C(=O)N1CCCC1C(=O)NCC(c1ccco1)N1CCCCC1. The quantitative estimate of drug-likeness (QED) is 0.679. The first-order valence-electron chi connectivity index (χ1n) is 11.3. The van der Waals surface area contributed by atoms with Gasteiger partial charge in [0.2, 0.25) is 5.91 Å². The standard InChI is InChI=1S/C24H30ClN3O4/c1-31-21-10-9-17(25)15-18(21)24(30)28-13-5-7-19(28)23(29)26-16-20(22-8-6-14-32-22)27-11-3-2-4-12-27/h6,8-10,14-15,19-20H,2-5,7,11-13,16H2,1H3,(H,26,29). The molecule has 2 fully saturated rings. The van der Waals surface area contributed by atoms with Crippen molar-refractivity contribution in [3.63, 3.8) is 0 Å². The Balaban J connectivity index is 1.45. The summed E-state index contributed by atoms with van der Waals surface area (Å²) in [6.45, 7) is 2.96. The third-order valence-corrected chi connectivity index (χ3v) is 6.62. The Morgan fingerprint density at radius 2 is 2.00 bits per heavy atom. The lowest BCUT2D eigenvalue weighted by Crippen LogP contribution is -2.48. The van der Waals surface area contributed by atoms with E-state index in [0.29, 0.717) is 35.8 Å². The summed E-state index contributed by atoms with van der Waals surface area (Å²) in [5, 5.41) is 3.55. The van der Waals surface area contributed by atoms with Crippen LogP contribution in [0.25, 0.3) is 0 Å². The summed E-state index contributed by atoms with van der Waals surface area (Å²) in [7, 11) is 1.52. The number of nitrogens with zero attached hydrogens (tertiary/aromatic N) is 2. The zero-order valence-corrected chi connectivity index (χ0v) is 19.1. The van der Waals surface area contributed by atoms with Gasteiger partial charge in [0.05, 0.1) is 25.0 Å². The highest BCUT2D eigenvalue weighted by Crippen LogP contribution is 2.28. The number of furan rings is 1. The normalized spacial score (nSPS) is 20.2. The van der Waals surface area contributed by atoms with Gasteiger partial charge in [-0.05, 0) is 69.1 Å². The molecular formula is C24H30ClN3O4. The second kappa shape index (κ2) is 10.4. The zero-order chi connectivity index (χ0) is 22.5. The maximum atomic E-state index is 13.3. The molecule has 0 bridgehead atoms. The number of carbonyl (C=O) groups excluding carboxylic acids is 2. The minimum atomic E-state index is -0.509. The molecule has 8 heteroatoms. The van der Waals surface area contributed by atoms with Gasteiger partial charge in [-0.25, -0.2) is 0 Å². The summed E-state index contributed by atoms with van der Waals surface area (Å²) in [5.74, 6) is 0.940. The molecule has 4 rings (SSSR count). The number of nitrogens with one attached hydrogen (secondary N) is 1. The number of amides is 2. The fourth-order valence-electron chi connectivity index (χ4n) is 4.72. The monoisotopic (exact) mass is 459 g/mol. The van der Waals surface area contributed by atoms with Gasteiger partial charge in [0, 0.05) is 18.1 Å². The van der Waals surface area contributed by atoms with Gasteiger partial charge in [0.15, 0.2) is 0 Å². The van der Waals surface area contributed by atoms with Gasteiger partial charge in [0.1, 0.15) is 17.6 Å². The van der Waals surface area contributed by atoms with Crippen LogP contribution in [0.1, 0.15) is 54.3 Å². The molecule has 0 radical (unpaired) electrons.